The largest absolute Gasteiger partial charge is 0.369 e. The summed E-state index contributed by atoms with van der Waals surface area (Å²) in [6.45, 7) is 4.57. The van der Waals surface area contributed by atoms with Crippen LogP contribution in [0.5, 0.6) is 0 Å². The fraction of sp³-hybridized carbons (Fsp3) is 0.450. The van der Waals surface area contributed by atoms with Crippen molar-refractivity contribution in [2.45, 2.75) is 32.9 Å². The molecule has 2 aromatic rings. The van der Waals surface area contributed by atoms with E-state index in [0.717, 1.165) is 12.2 Å². The lowest BCUT2D eigenvalue weighted by Gasteiger charge is -2.34. The molecule has 1 aromatic carbocycles. The molecule has 2 heterocycles. The van der Waals surface area contributed by atoms with Gasteiger partial charge >= 0.3 is 0 Å². The number of rotatable bonds is 5. The Hall–Kier alpha value is -2.88. The molecule has 1 aliphatic rings. The van der Waals surface area contributed by atoms with Gasteiger partial charge in [0.2, 0.25) is 5.91 Å². The van der Waals surface area contributed by atoms with Gasteiger partial charge in [0.15, 0.2) is 0 Å². The molecule has 0 bridgehead atoms. The molecule has 0 spiro atoms. The minimum absolute atomic E-state index is 0.0547. The fourth-order valence-corrected chi connectivity index (χ4v) is 3.50. The van der Waals surface area contributed by atoms with Gasteiger partial charge in [-0.25, -0.2) is 4.39 Å². The van der Waals surface area contributed by atoms with Crippen molar-refractivity contribution in [2.75, 3.05) is 25.0 Å². The van der Waals surface area contributed by atoms with Gasteiger partial charge in [-0.1, -0.05) is 0 Å². The van der Waals surface area contributed by atoms with Gasteiger partial charge in [0, 0.05) is 38.8 Å². The first-order valence-electron chi connectivity index (χ1n) is 9.23. The summed E-state index contributed by atoms with van der Waals surface area (Å²) in [5.41, 5.74) is 1.69. The number of anilines is 1. The predicted molar refractivity (Wildman–Crippen MR) is 100 cm³/mol. The fourth-order valence-electron chi connectivity index (χ4n) is 3.50. The Bertz CT molecular complexity index is 848. The zero-order valence-corrected chi connectivity index (χ0v) is 15.7. The topological polar surface area (TPSA) is 65.2 Å². The van der Waals surface area contributed by atoms with Crippen LogP contribution in [0.25, 0.3) is 0 Å². The highest BCUT2D eigenvalue weighted by atomic mass is 19.1. The molecule has 1 amide bonds. The molecule has 1 aromatic heterocycles. The Morgan fingerprint density at radius 3 is 2.70 bits per heavy atom. The molecule has 0 unspecified atom stereocenters. The Balaban J connectivity index is 1.56. The number of hydrogen-bond acceptors (Lipinski definition) is 4. The second-order valence-electron chi connectivity index (χ2n) is 6.90. The summed E-state index contributed by atoms with van der Waals surface area (Å²) in [7, 11) is 1.81. The lowest BCUT2D eigenvalue weighted by Crippen LogP contribution is -2.41. The van der Waals surface area contributed by atoms with E-state index in [0.29, 0.717) is 43.7 Å². The van der Waals surface area contributed by atoms with Crippen LogP contribution in [0.4, 0.5) is 10.1 Å². The molecule has 0 atom stereocenters. The average Bonchev–Trinajstić information content (AvgIpc) is 3.15. The third kappa shape index (κ3) is 4.27. The minimum atomic E-state index is -0.387. The number of amides is 1. The summed E-state index contributed by atoms with van der Waals surface area (Å²) in [5, 5.41) is 13.3. The van der Waals surface area contributed by atoms with Crippen LogP contribution in [0.1, 0.15) is 31.0 Å². The van der Waals surface area contributed by atoms with Gasteiger partial charge in [-0.15, -0.1) is 0 Å². The monoisotopic (exact) mass is 369 g/mol. The molecule has 27 heavy (non-hydrogen) atoms. The van der Waals surface area contributed by atoms with Crippen molar-refractivity contribution in [3.63, 3.8) is 0 Å². The maximum Gasteiger partial charge on any atom is 0.225 e. The highest BCUT2D eigenvalue weighted by Crippen LogP contribution is 2.27. The summed E-state index contributed by atoms with van der Waals surface area (Å²) in [6, 6.07) is 8.40. The van der Waals surface area contributed by atoms with E-state index in [-0.39, 0.29) is 17.6 Å². The number of nitriles is 1. The third-order valence-electron chi connectivity index (χ3n) is 5.06. The zero-order chi connectivity index (χ0) is 19.4. The van der Waals surface area contributed by atoms with Crippen molar-refractivity contribution in [1.82, 2.24) is 14.7 Å². The number of benzene rings is 1. The quantitative estimate of drug-likeness (QED) is 0.813. The Labute approximate surface area is 158 Å². The second kappa shape index (κ2) is 8.21. The third-order valence-corrected chi connectivity index (χ3v) is 5.06. The summed E-state index contributed by atoms with van der Waals surface area (Å²) >= 11 is 0. The minimum Gasteiger partial charge on any atom is -0.369 e. The maximum atomic E-state index is 14.2. The number of hydrogen-bond donors (Lipinski definition) is 0. The Kier molecular flexibility index (Phi) is 5.75. The second-order valence-corrected chi connectivity index (χ2v) is 6.90. The molecule has 1 fully saturated rings. The molecule has 6 nitrogen and oxygen atoms in total. The van der Waals surface area contributed by atoms with E-state index in [9.17, 15) is 9.18 Å². The van der Waals surface area contributed by atoms with Gasteiger partial charge in [0.25, 0.3) is 0 Å². The number of nitrogens with zero attached hydrogens (tertiary/aromatic N) is 5. The first-order valence-corrected chi connectivity index (χ1v) is 9.23. The standard InChI is InChI=1S/C20H24FN5O/c1-3-26-11-8-17(23-26)14-24(2)20(27)16-6-9-25(10-7-16)19-5-4-15(13-22)12-18(19)21/h4-5,8,11-12,16H,3,6-7,9-10,14H2,1-2H3. The summed E-state index contributed by atoms with van der Waals surface area (Å²) in [5.74, 6) is -0.329. The van der Waals surface area contributed by atoms with Crippen LogP contribution in [0.3, 0.4) is 0 Å². The van der Waals surface area contributed by atoms with E-state index in [1.54, 1.807) is 24.1 Å². The van der Waals surface area contributed by atoms with Crippen LogP contribution < -0.4 is 4.90 Å². The van der Waals surface area contributed by atoms with Crippen LogP contribution in [-0.4, -0.2) is 40.7 Å². The van der Waals surface area contributed by atoms with E-state index in [4.69, 9.17) is 5.26 Å². The molecule has 142 valence electrons. The molecule has 3 rings (SSSR count). The van der Waals surface area contributed by atoms with Crippen molar-refractivity contribution < 1.29 is 9.18 Å². The lowest BCUT2D eigenvalue weighted by molar-refractivity contribution is -0.135. The first kappa shape index (κ1) is 18.9. The van der Waals surface area contributed by atoms with Crippen LogP contribution in [0, 0.1) is 23.1 Å². The van der Waals surface area contributed by atoms with Crippen LogP contribution in [0.15, 0.2) is 30.5 Å². The highest BCUT2D eigenvalue weighted by molar-refractivity contribution is 5.79. The van der Waals surface area contributed by atoms with Crippen LogP contribution >= 0.6 is 0 Å². The number of halogens is 1. The van der Waals surface area contributed by atoms with E-state index in [1.165, 1.54) is 6.07 Å². The number of carbonyl (C=O) groups excluding carboxylic acids is 1. The zero-order valence-electron chi connectivity index (χ0n) is 15.7. The van der Waals surface area contributed by atoms with Gasteiger partial charge in [0.1, 0.15) is 5.82 Å². The molecular formula is C20H24FN5O. The molecule has 0 radical (unpaired) electrons. The van der Waals surface area contributed by atoms with Gasteiger partial charge in [-0.05, 0) is 44.0 Å². The Morgan fingerprint density at radius 1 is 1.37 bits per heavy atom. The SMILES string of the molecule is CCn1ccc(CN(C)C(=O)C2CCN(c3ccc(C#N)cc3F)CC2)n1. The normalized spacial score (nSPS) is 14.8. The van der Waals surface area contributed by atoms with Gasteiger partial charge in [-0.3, -0.25) is 9.48 Å². The summed E-state index contributed by atoms with van der Waals surface area (Å²) in [6.07, 6.45) is 3.29. The van der Waals surface area contributed by atoms with Crippen molar-refractivity contribution in [3.05, 3.63) is 47.5 Å². The predicted octanol–water partition coefficient (Wildman–Crippen LogP) is 2.79. The highest BCUT2D eigenvalue weighted by Gasteiger charge is 2.28. The van der Waals surface area contributed by atoms with Crippen molar-refractivity contribution >= 4 is 11.6 Å². The molecule has 0 aliphatic carbocycles. The van der Waals surface area contributed by atoms with E-state index < -0.39 is 0 Å². The number of piperidine rings is 1. The smallest absolute Gasteiger partial charge is 0.225 e. The van der Waals surface area contributed by atoms with Gasteiger partial charge < -0.3 is 9.80 Å². The maximum absolute atomic E-state index is 14.2. The summed E-state index contributed by atoms with van der Waals surface area (Å²) in [4.78, 5) is 16.4. The average molecular weight is 369 g/mol. The molecule has 1 saturated heterocycles. The number of aromatic nitrogens is 2. The van der Waals surface area contributed by atoms with E-state index in [1.807, 2.05) is 34.8 Å². The first-order chi connectivity index (χ1) is 13.0. The van der Waals surface area contributed by atoms with E-state index >= 15 is 0 Å². The number of aryl methyl sites for hydroxylation is 1. The van der Waals surface area contributed by atoms with Crippen LogP contribution in [0.2, 0.25) is 0 Å². The Morgan fingerprint density at radius 2 is 2.11 bits per heavy atom. The molecule has 1 aliphatic heterocycles. The van der Waals surface area contributed by atoms with E-state index in [2.05, 4.69) is 5.10 Å². The van der Waals surface area contributed by atoms with Crippen molar-refractivity contribution in [3.8, 4) is 6.07 Å². The molecule has 7 heteroatoms. The van der Waals surface area contributed by atoms with Gasteiger partial charge in [-0.2, -0.15) is 10.4 Å². The van der Waals surface area contributed by atoms with Crippen LogP contribution in [-0.2, 0) is 17.9 Å². The molecular weight excluding hydrogens is 345 g/mol. The molecule has 0 saturated carbocycles. The summed E-state index contributed by atoms with van der Waals surface area (Å²) < 4.78 is 16.0. The number of carbonyl (C=O) groups is 1. The molecule has 0 N–H and O–H groups in total. The van der Waals surface area contributed by atoms with Gasteiger partial charge in [0.05, 0.1) is 29.6 Å². The lowest BCUT2D eigenvalue weighted by atomic mass is 9.94. The van der Waals surface area contributed by atoms with Crippen molar-refractivity contribution in [2.24, 2.45) is 5.92 Å². The van der Waals surface area contributed by atoms with Crippen molar-refractivity contribution in [1.29, 1.82) is 5.26 Å².